The summed E-state index contributed by atoms with van der Waals surface area (Å²) < 4.78 is 7.36. The molecule has 22 heavy (non-hydrogen) atoms. The van der Waals surface area contributed by atoms with Gasteiger partial charge in [-0.05, 0) is 24.3 Å². The smallest absolute Gasteiger partial charge is 0.137 e. The van der Waals surface area contributed by atoms with Crippen molar-refractivity contribution < 1.29 is 4.74 Å². The van der Waals surface area contributed by atoms with E-state index < -0.39 is 0 Å². The zero-order valence-electron chi connectivity index (χ0n) is 11.9. The molecule has 0 bridgehead atoms. The van der Waals surface area contributed by atoms with Gasteiger partial charge in [0, 0.05) is 19.3 Å². The molecule has 6 heteroatoms. The summed E-state index contributed by atoms with van der Waals surface area (Å²) in [6.45, 7) is 3.24. The predicted molar refractivity (Wildman–Crippen MR) is 86.5 cm³/mol. The summed E-state index contributed by atoms with van der Waals surface area (Å²) >= 11 is 6.10. The third-order valence-electron chi connectivity index (χ3n) is 3.80. The fourth-order valence-electron chi connectivity index (χ4n) is 2.68. The van der Waals surface area contributed by atoms with Gasteiger partial charge < -0.3 is 9.64 Å². The van der Waals surface area contributed by atoms with E-state index in [4.69, 9.17) is 21.3 Å². The highest BCUT2D eigenvalue weighted by molar-refractivity contribution is 6.30. The lowest BCUT2D eigenvalue weighted by molar-refractivity contribution is 0.122. The van der Waals surface area contributed by atoms with Crippen LogP contribution in [0.4, 0.5) is 5.82 Å². The number of imidazole rings is 1. The van der Waals surface area contributed by atoms with Gasteiger partial charge >= 0.3 is 0 Å². The van der Waals surface area contributed by atoms with Gasteiger partial charge in [0.15, 0.2) is 0 Å². The third kappa shape index (κ3) is 2.42. The summed E-state index contributed by atoms with van der Waals surface area (Å²) in [5.74, 6) is 0.970. The van der Waals surface area contributed by atoms with Crippen LogP contribution in [0.25, 0.3) is 17.0 Å². The van der Waals surface area contributed by atoms with Crippen molar-refractivity contribution in [1.82, 2.24) is 14.4 Å². The fourth-order valence-corrected chi connectivity index (χ4v) is 2.84. The van der Waals surface area contributed by atoms with E-state index in [0.717, 1.165) is 49.2 Å². The molecule has 5 nitrogen and oxygen atoms in total. The van der Waals surface area contributed by atoms with E-state index in [-0.39, 0.29) is 0 Å². The van der Waals surface area contributed by atoms with Crippen LogP contribution in [0.2, 0.25) is 5.02 Å². The number of fused-ring (bicyclic) bond motifs is 1. The molecule has 1 saturated heterocycles. The Labute approximate surface area is 133 Å². The number of hydrogen-bond donors (Lipinski definition) is 0. The summed E-state index contributed by atoms with van der Waals surface area (Å²) in [5, 5.41) is 0.677. The van der Waals surface area contributed by atoms with Crippen LogP contribution in [0.5, 0.6) is 0 Å². The largest absolute Gasteiger partial charge is 0.378 e. The molecule has 0 aliphatic carbocycles. The molecule has 0 amide bonds. The lowest BCUT2D eigenvalue weighted by atomic mass is 10.2. The Balaban J connectivity index is 1.76. The second-order valence-corrected chi connectivity index (χ2v) is 5.64. The first-order valence-corrected chi connectivity index (χ1v) is 7.62. The van der Waals surface area contributed by atoms with Crippen LogP contribution in [-0.4, -0.2) is 40.7 Å². The Bertz CT molecular complexity index is 811. The molecule has 0 aromatic carbocycles. The van der Waals surface area contributed by atoms with E-state index in [1.54, 1.807) is 0 Å². The molecule has 3 aromatic rings. The van der Waals surface area contributed by atoms with Crippen molar-refractivity contribution in [1.29, 1.82) is 0 Å². The highest BCUT2D eigenvalue weighted by atomic mass is 35.5. The lowest BCUT2D eigenvalue weighted by Gasteiger charge is -2.28. The Morgan fingerprint density at radius 3 is 2.82 bits per heavy atom. The van der Waals surface area contributed by atoms with E-state index in [9.17, 15) is 0 Å². The number of rotatable bonds is 2. The maximum atomic E-state index is 6.10. The quantitative estimate of drug-likeness (QED) is 0.729. The van der Waals surface area contributed by atoms with Gasteiger partial charge in [-0.2, -0.15) is 0 Å². The summed E-state index contributed by atoms with van der Waals surface area (Å²) in [6, 6.07) is 9.79. The van der Waals surface area contributed by atoms with Gasteiger partial charge in [-0.1, -0.05) is 17.7 Å². The van der Waals surface area contributed by atoms with E-state index in [2.05, 4.69) is 9.88 Å². The first-order valence-electron chi connectivity index (χ1n) is 7.24. The average Bonchev–Trinajstić information content (AvgIpc) is 2.99. The molecule has 0 N–H and O–H groups in total. The summed E-state index contributed by atoms with van der Waals surface area (Å²) in [7, 11) is 0. The van der Waals surface area contributed by atoms with Crippen molar-refractivity contribution in [2.24, 2.45) is 0 Å². The average molecular weight is 315 g/mol. The molecule has 112 valence electrons. The minimum atomic E-state index is 0.677. The van der Waals surface area contributed by atoms with Crippen LogP contribution in [0, 0.1) is 0 Å². The molecule has 1 aliphatic heterocycles. The van der Waals surface area contributed by atoms with Crippen molar-refractivity contribution in [3.05, 3.63) is 47.7 Å². The van der Waals surface area contributed by atoms with E-state index in [1.165, 1.54) is 0 Å². The number of morpholine rings is 1. The van der Waals surface area contributed by atoms with Crippen LogP contribution >= 0.6 is 11.6 Å². The number of nitrogens with zero attached hydrogens (tertiary/aromatic N) is 4. The standard InChI is InChI=1S/C16H15ClN4O/c17-12-4-5-15-18-10-14(21(15)11-12)13-2-1-3-16(19-13)20-6-8-22-9-7-20/h1-5,10-11H,6-9H2. The minimum absolute atomic E-state index is 0.677. The van der Waals surface area contributed by atoms with Crippen LogP contribution in [0.3, 0.4) is 0 Å². The van der Waals surface area contributed by atoms with Gasteiger partial charge in [0.25, 0.3) is 0 Å². The Hall–Kier alpha value is -2.11. The molecule has 3 aromatic heterocycles. The van der Waals surface area contributed by atoms with Gasteiger partial charge in [-0.25, -0.2) is 9.97 Å². The first-order chi connectivity index (χ1) is 10.8. The number of aromatic nitrogens is 3. The molecule has 4 rings (SSSR count). The monoisotopic (exact) mass is 314 g/mol. The molecular weight excluding hydrogens is 300 g/mol. The molecule has 0 atom stereocenters. The van der Waals surface area contributed by atoms with Crippen molar-refractivity contribution in [2.45, 2.75) is 0 Å². The minimum Gasteiger partial charge on any atom is -0.378 e. The molecule has 1 aliphatic rings. The maximum absolute atomic E-state index is 6.10. The Kier molecular flexibility index (Phi) is 3.44. The van der Waals surface area contributed by atoms with Crippen molar-refractivity contribution in [2.75, 3.05) is 31.2 Å². The number of ether oxygens (including phenoxy) is 1. The summed E-state index contributed by atoms with van der Waals surface area (Å²) in [5.41, 5.74) is 2.68. The molecule has 0 spiro atoms. The molecule has 1 fully saturated rings. The predicted octanol–water partition coefficient (Wildman–Crippen LogP) is 2.89. The fraction of sp³-hybridized carbons (Fsp3) is 0.250. The molecule has 4 heterocycles. The zero-order chi connectivity index (χ0) is 14.9. The highest BCUT2D eigenvalue weighted by Gasteiger charge is 2.14. The number of halogens is 1. The molecule has 0 radical (unpaired) electrons. The van der Waals surface area contributed by atoms with Crippen molar-refractivity contribution >= 4 is 23.1 Å². The SMILES string of the molecule is Clc1ccc2ncc(-c3cccc(N4CCOCC4)n3)n2c1. The molecular formula is C16H15ClN4O. The third-order valence-corrected chi connectivity index (χ3v) is 4.02. The van der Waals surface area contributed by atoms with Crippen molar-refractivity contribution in [3.63, 3.8) is 0 Å². The van der Waals surface area contributed by atoms with Crippen LogP contribution in [0.15, 0.2) is 42.7 Å². The van der Waals surface area contributed by atoms with Gasteiger partial charge in [0.1, 0.15) is 11.5 Å². The van der Waals surface area contributed by atoms with Crippen LogP contribution in [-0.2, 0) is 4.74 Å². The number of anilines is 1. The van der Waals surface area contributed by atoms with Gasteiger partial charge in [0.2, 0.25) is 0 Å². The number of pyridine rings is 2. The highest BCUT2D eigenvalue weighted by Crippen LogP contribution is 2.23. The Morgan fingerprint density at radius 1 is 1.09 bits per heavy atom. The van der Waals surface area contributed by atoms with Crippen LogP contribution < -0.4 is 4.90 Å². The number of hydrogen-bond acceptors (Lipinski definition) is 4. The maximum Gasteiger partial charge on any atom is 0.137 e. The Morgan fingerprint density at radius 2 is 1.95 bits per heavy atom. The van der Waals surface area contributed by atoms with E-state index in [1.807, 2.05) is 47.1 Å². The zero-order valence-corrected chi connectivity index (χ0v) is 12.7. The van der Waals surface area contributed by atoms with E-state index in [0.29, 0.717) is 5.02 Å². The van der Waals surface area contributed by atoms with E-state index >= 15 is 0 Å². The first kappa shape index (κ1) is 13.5. The van der Waals surface area contributed by atoms with Gasteiger partial charge in [-0.3, -0.25) is 4.40 Å². The van der Waals surface area contributed by atoms with Crippen LogP contribution in [0.1, 0.15) is 0 Å². The van der Waals surface area contributed by atoms with Gasteiger partial charge in [-0.15, -0.1) is 0 Å². The topological polar surface area (TPSA) is 42.7 Å². The summed E-state index contributed by atoms with van der Waals surface area (Å²) in [6.07, 6.45) is 3.69. The van der Waals surface area contributed by atoms with Gasteiger partial charge in [0.05, 0.1) is 35.8 Å². The summed E-state index contributed by atoms with van der Waals surface area (Å²) in [4.78, 5) is 11.4. The molecule has 0 unspecified atom stereocenters. The van der Waals surface area contributed by atoms with Crippen molar-refractivity contribution in [3.8, 4) is 11.4 Å². The lowest BCUT2D eigenvalue weighted by Crippen LogP contribution is -2.36. The second kappa shape index (κ2) is 5.59. The normalized spacial score (nSPS) is 15.4. The second-order valence-electron chi connectivity index (χ2n) is 5.20. The molecule has 0 saturated carbocycles.